The molecule has 0 N–H and O–H groups in total. The van der Waals surface area contributed by atoms with Crippen LogP contribution in [0.2, 0.25) is 5.02 Å². The average Bonchev–Trinajstić information content (AvgIpc) is 2.35. The second-order valence-electron chi connectivity index (χ2n) is 5.71. The molecule has 1 aliphatic heterocycles. The second-order valence-corrected chi connectivity index (χ2v) is 6.15. The molecule has 20 heavy (non-hydrogen) atoms. The molecular weight excluding hydrogens is 274 g/mol. The summed E-state index contributed by atoms with van der Waals surface area (Å²) in [7, 11) is 1.41. The topological polar surface area (TPSA) is 29.5 Å². The van der Waals surface area contributed by atoms with E-state index in [2.05, 4.69) is 31.7 Å². The van der Waals surface area contributed by atoms with E-state index in [-0.39, 0.29) is 17.6 Å². The second kappa shape index (κ2) is 5.13. The fraction of sp³-hybridized carbons (Fsp3) is 0.438. The molecule has 0 aliphatic carbocycles. The zero-order chi connectivity index (χ0) is 15.1. The summed E-state index contributed by atoms with van der Waals surface area (Å²) in [5.74, 6) is -0.253. The number of nitrogens with zero attached hydrogens (tertiary/aromatic N) is 1. The lowest BCUT2D eigenvalue weighted by atomic mass is 9.87. The number of methoxy groups -OCH3 is 1. The van der Waals surface area contributed by atoms with Crippen molar-refractivity contribution in [1.29, 1.82) is 0 Å². The van der Waals surface area contributed by atoms with Crippen molar-refractivity contribution in [2.24, 2.45) is 0 Å². The number of hydrogen-bond donors (Lipinski definition) is 0. The molecule has 3 nitrogen and oxygen atoms in total. The van der Waals surface area contributed by atoms with Gasteiger partial charge in [-0.1, -0.05) is 23.7 Å². The maximum absolute atomic E-state index is 12.0. The molecule has 0 saturated heterocycles. The smallest absolute Gasteiger partial charge is 0.328 e. The van der Waals surface area contributed by atoms with E-state index in [1.54, 1.807) is 0 Å². The van der Waals surface area contributed by atoms with E-state index in [1.165, 1.54) is 12.7 Å². The van der Waals surface area contributed by atoms with Crippen molar-refractivity contribution in [2.75, 3.05) is 12.0 Å². The van der Waals surface area contributed by atoms with Crippen LogP contribution < -0.4 is 4.90 Å². The van der Waals surface area contributed by atoms with E-state index in [0.29, 0.717) is 5.02 Å². The lowest BCUT2D eigenvalue weighted by Crippen LogP contribution is -2.53. The summed E-state index contributed by atoms with van der Waals surface area (Å²) in [5, 5.41) is 0.663. The molecule has 1 heterocycles. The summed E-state index contributed by atoms with van der Waals surface area (Å²) in [6.45, 7) is 8.10. The number of carbonyl (C=O) groups is 1. The normalized spacial score (nSPS) is 18.1. The first-order valence-electron chi connectivity index (χ1n) is 6.64. The standard InChI is InChI=1S/C16H20ClNO2/c1-10-9-16(3,4)18(11(2)15(19)20-5)14-8-12(17)6-7-13(10)14/h6-9,11H,1-5H3/t11-/m1/s1. The number of benzene rings is 1. The first kappa shape index (κ1) is 14.9. The van der Waals surface area contributed by atoms with Gasteiger partial charge in [0.2, 0.25) is 0 Å². The highest BCUT2D eigenvalue weighted by molar-refractivity contribution is 6.31. The zero-order valence-corrected chi connectivity index (χ0v) is 13.3. The molecule has 4 heteroatoms. The van der Waals surface area contributed by atoms with Gasteiger partial charge in [-0.3, -0.25) is 0 Å². The Morgan fingerprint density at radius 2 is 2.05 bits per heavy atom. The molecule has 0 fully saturated rings. The monoisotopic (exact) mass is 293 g/mol. The molecule has 0 unspecified atom stereocenters. The van der Waals surface area contributed by atoms with Crippen LogP contribution in [-0.4, -0.2) is 24.7 Å². The van der Waals surface area contributed by atoms with E-state index in [4.69, 9.17) is 16.3 Å². The van der Waals surface area contributed by atoms with Gasteiger partial charge in [0, 0.05) is 16.3 Å². The molecule has 0 spiro atoms. The Labute approximate surface area is 125 Å². The van der Waals surface area contributed by atoms with Crippen LogP contribution in [-0.2, 0) is 9.53 Å². The molecule has 0 amide bonds. The van der Waals surface area contributed by atoms with Crippen LogP contribution in [0.4, 0.5) is 5.69 Å². The Bertz CT molecular complexity index is 578. The molecule has 0 bridgehead atoms. The third-order valence-corrected chi connectivity index (χ3v) is 4.00. The maximum Gasteiger partial charge on any atom is 0.328 e. The first-order valence-corrected chi connectivity index (χ1v) is 7.02. The molecule has 2 rings (SSSR count). The van der Waals surface area contributed by atoms with Crippen molar-refractivity contribution >= 4 is 28.8 Å². The number of fused-ring (bicyclic) bond motifs is 1. The number of esters is 1. The molecule has 1 aliphatic rings. The summed E-state index contributed by atoms with van der Waals surface area (Å²) >= 11 is 6.14. The van der Waals surface area contributed by atoms with Crippen molar-refractivity contribution in [3.8, 4) is 0 Å². The SMILES string of the molecule is COC(=O)[C@@H](C)N1c2cc(Cl)ccc2C(C)=CC1(C)C. The Kier molecular flexibility index (Phi) is 3.83. The largest absolute Gasteiger partial charge is 0.467 e. The Morgan fingerprint density at radius 3 is 2.65 bits per heavy atom. The minimum atomic E-state index is -0.378. The Morgan fingerprint density at radius 1 is 1.40 bits per heavy atom. The van der Waals surface area contributed by atoms with Crippen molar-refractivity contribution < 1.29 is 9.53 Å². The molecule has 0 saturated carbocycles. The number of rotatable bonds is 2. The van der Waals surface area contributed by atoms with Crippen molar-refractivity contribution in [3.63, 3.8) is 0 Å². The van der Waals surface area contributed by atoms with Gasteiger partial charge in [0.15, 0.2) is 0 Å². The summed E-state index contributed by atoms with van der Waals surface area (Å²) < 4.78 is 4.90. The number of allylic oxidation sites excluding steroid dienone is 1. The minimum absolute atomic E-state index is 0.253. The van der Waals surface area contributed by atoms with Gasteiger partial charge in [0.05, 0.1) is 12.6 Å². The summed E-state index contributed by atoms with van der Waals surface area (Å²) in [4.78, 5) is 14.0. The molecule has 1 atom stereocenters. The van der Waals surface area contributed by atoms with Crippen LogP contribution in [0.25, 0.3) is 5.57 Å². The predicted octanol–water partition coefficient (Wildman–Crippen LogP) is 3.90. The molecule has 1 aromatic rings. The highest BCUT2D eigenvalue weighted by Crippen LogP contribution is 2.41. The van der Waals surface area contributed by atoms with Crippen LogP contribution in [0.5, 0.6) is 0 Å². The molecule has 108 valence electrons. The third kappa shape index (κ3) is 2.42. The van der Waals surface area contributed by atoms with Crippen LogP contribution in [0.1, 0.15) is 33.3 Å². The first-order chi connectivity index (χ1) is 9.27. The lowest BCUT2D eigenvalue weighted by molar-refractivity contribution is -0.142. The summed E-state index contributed by atoms with van der Waals surface area (Å²) in [6.07, 6.45) is 2.17. The van der Waals surface area contributed by atoms with E-state index in [0.717, 1.165) is 11.3 Å². The lowest BCUT2D eigenvalue weighted by Gasteiger charge is -2.45. The molecule has 1 aromatic carbocycles. The van der Waals surface area contributed by atoms with Gasteiger partial charge in [-0.2, -0.15) is 0 Å². The maximum atomic E-state index is 12.0. The summed E-state index contributed by atoms with van der Waals surface area (Å²) in [5.41, 5.74) is 2.98. The number of hydrogen-bond acceptors (Lipinski definition) is 3. The highest BCUT2D eigenvalue weighted by atomic mass is 35.5. The van der Waals surface area contributed by atoms with Gasteiger partial charge >= 0.3 is 5.97 Å². The van der Waals surface area contributed by atoms with Gasteiger partial charge in [-0.05, 0) is 45.4 Å². The fourth-order valence-electron chi connectivity index (χ4n) is 3.01. The number of halogens is 1. The van der Waals surface area contributed by atoms with Crippen molar-refractivity contribution in [2.45, 2.75) is 39.3 Å². The average molecular weight is 294 g/mol. The van der Waals surface area contributed by atoms with Crippen LogP contribution >= 0.6 is 11.6 Å². The minimum Gasteiger partial charge on any atom is -0.467 e. The highest BCUT2D eigenvalue weighted by Gasteiger charge is 2.37. The van der Waals surface area contributed by atoms with Crippen LogP contribution in [0, 0.1) is 0 Å². The zero-order valence-electron chi connectivity index (χ0n) is 12.5. The molecule has 0 aromatic heterocycles. The van der Waals surface area contributed by atoms with Gasteiger partial charge in [0.1, 0.15) is 6.04 Å². The van der Waals surface area contributed by atoms with Crippen LogP contribution in [0.3, 0.4) is 0 Å². The van der Waals surface area contributed by atoms with Gasteiger partial charge in [-0.15, -0.1) is 0 Å². The molecule has 0 radical (unpaired) electrons. The fourth-order valence-corrected chi connectivity index (χ4v) is 3.18. The van der Waals surface area contributed by atoms with Gasteiger partial charge < -0.3 is 9.64 Å². The van der Waals surface area contributed by atoms with Crippen LogP contribution in [0.15, 0.2) is 24.3 Å². The molecular formula is C16H20ClNO2. The third-order valence-electron chi connectivity index (χ3n) is 3.76. The van der Waals surface area contributed by atoms with E-state index >= 15 is 0 Å². The van der Waals surface area contributed by atoms with Crippen molar-refractivity contribution in [3.05, 3.63) is 34.9 Å². The Hall–Kier alpha value is -1.48. The quantitative estimate of drug-likeness (QED) is 0.775. The van der Waals surface area contributed by atoms with Gasteiger partial charge in [0.25, 0.3) is 0 Å². The van der Waals surface area contributed by atoms with Gasteiger partial charge in [-0.25, -0.2) is 4.79 Å². The summed E-state index contributed by atoms with van der Waals surface area (Å²) in [6, 6.07) is 5.40. The number of carbonyl (C=O) groups excluding carboxylic acids is 1. The number of ether oxygens (including phenoxy) is 1. The number of anilines is 1. The van der Waals surface area contributed by atoms with E-state index < -0.39 is 0 Å². The Balaban J connectivity index is 2.61. The van der Waals surface area contributed by atoms with Crippen molar-refractivity contribution in [1.82, 2.24) is 0 Å². The predicted molar refractivity (Wildman–Crippen MR) is 83.1 cm³/mol. The van der Waals surface area contributed by atoms with E-state index in [1.807, 2.05) is 25.1 Å². The van der Waals surface area contributed by atoms with E-state index in [9.17, 15) is 4.79 Å².